The van der Waals surface area contributed by atoms with Gasteiger partial charge in [-0.1, -0.05) is 226 Å². The van der Waals surface area contributed by atoms with Crippen LogP contribution in [0.1, 0.15) is 207 Å². The Morgan fingerprint density at radius 2 is 0.875 bits per heavy atom. The van der Waals surface area contributed by atoms with E-state index in [1.807, 2.05) is 18.2 Å². The van der Waals surface area contributed by atoms with Gasteiger partial charge in [0.2, 0.25) is 5.91 Å². The average Bonchev–Trinajstić information content (AvgIpc) is 3.29. The molecule has 3 N–H and O–H groups in total. The van der Waals surface area contributed by atoms with Crippen molar-refractivity contribution in [2.24, 2.45) is 0 Å². The van der Waals surface area contributed by atoms with E-state index in [0.29, 0.717) is 19.3 Å². The topological polar surface area (TPSA) is 95.9 Å². The van der Waals surface area contributed by atoms with Crippen molar-refractivity contribution in [3.8, 4) is 0 Å². The average molecular weight is 886 g/mol. The Hall–Kier alpha value is -3.74. The third kappa shape index (κ3) is 44.9. The van der Waals surface area contributed by atoms with Gasteiger partial charge in [-0.05, 0) is 83.5 Å². The SMILES string of the molecule is CC/C=C\C/C=C\C/C=C\C/C=C\C/C=C\C/C=C\CCC(=O)OC(C/C=C\C/C=C\C/C=C\C/C=C\CCCCC)CC(=O)NC(CO)C(O)CCCCCCCCCCCCC. The lowest BCUT2D eigenvalue weighted by atomic mass is 10.0. The van der Waals surface area contributed by atoms with E-state index in [0.717, 1.165) is 83.5 Å². The first-order valence-corrected chi connectivity index (χ1v) is 25.8. The number of aliphatic hydroxyl groups excluding tert-OH is 2. The molecule has 1 amide bonds. The van der Waals surface area contributed by atoms with Crippen molar-refractivity contribution in [3.63, 3.8) is 0 Å². The summed E-state index contributed by atoms with van der Waals surface area (Å²) in [5, 5.41) is 23.7. The van der Waals surface area contributed by atoms with Crippen LogP contribution in [0, 0.1) is 0 Å². The van der Waals surface area contributed by atoms with Gasteiger partial charge in [-0.25, -0.2) is 0 Å². The zero-order chi connectivity index (χ0) is 46.7. The molecule has 0 saturated carbocycles. The Balaban J connectivity index is 4.86. The van der Waals surface area contributed by atoms with Crippen LogP contribution >= 0.6 is 0 Å². The summed E-state index contributed by atoms with van der Waals surface area (Å²) in [7, 11) is 0. The van der Waals surface area contributed by atoms with Gasteiger partial charge in [0.1, 0.15) is 6.10 Å². The molecule has 3 unspecified atom stereocenters. The highest BCUT2D eigenvalue weighted by Gasteiger charge is 2.23. The standard InChI is InChI=1S/C58H95NO5/c1-4-7-10-13-16-19-22-24-26-27-28-29-31-33-36-39-42-45-48-51-58(63)64-54(49-46-43-40-37-35-32-30-25-23-20-17-14-11-8-5-2)52-57(62)59-55(53-60)56(61)50-47-44-41-38-34-21-18-15-12-9-6-3/h7,10,16-17,19-20,24-26,28-30,33,35-37,42-43,45-46,54-56,60-61H,4-6,8-9,11-15,18,21-23,27,31-32,34,38-41,44,47-53H2,1-3H3,(H,59,62)/b10-7-,19-16-,20-17-,26-24-,29-28-,30-25-,36-33-,37-35-,45-42-,46-43-. The van der Waals surface area contributed by atoms with Crippen LogP contribution < -0.4 is 5.32 Å². The second kappa shape index (κ2) is 50.3. The summed E-state index contributed by atoms with van der Waals surface area (Å²) in [6, 6.07) is -0.753. The van der Waals surface area contributed by atoms with Crippen LogP contribution in [0.15, 0.2) is 122 Å². The molecule has 0 bridgehead atoms. The van der Waals surface area contributed by atoms with Gasteiger partial charge >= 0.3 is 5.97 Å². The van der Waals surface area contributed by atoms with Crippen molar-refractivity contribution in [2.45, 2.75) is 225 Å². The van der Waals surface area contributed by atoms with Gasteiger partial charge in [-0.2, -0.15) is 0 Å². The van der Waals surface area contributed by atoms with Gasteiger partial charge in [0, 0.05) is 12.8 Å². The molecule has 362 valence electrons. The summed E-state index contributed by atoms with van der Waals surface area (Å²) in [4.78, 5) is 26.1. The van der Waals surface area contributed by atoms with Crippen LogP contribution in [0.5, 0.6) is 0 Å². The minimum absolute atomic E-state index is 0.0364. The molecule has 0 fully saturated rings. The largest absolute Gasteiger partial charge is 0.461 e. The Bertz CT molecular complexity index is 1360. The maximum absolute atomic E-state index is 13.2. The zero-order valence-electron chi connectivity index (χ0n) is 41.1. The second-order valence-corrected chi connectivity index (χ2v) is 16.8. The van der Waals surface area contributed by atoms with Crippen LogP contribution in [0.3, 0.4) is 0 Å². The van der Waals surface area contributed by atoms with Gasteiger partial charge in [0.05, 0.1) is 25.2 Å². The van der Waals surface area contributed by atoms with Gasteiger partial charge < -0.3 is 20.3 Å². The molecule has 6 nitrogen and oxygen atoms in total. The second-order valence-electron chi connectivity index (χ2n) is 16.8. The summed E-state index contributed by atoms with van der Waals surface area (Å²) in [5.74, 6) is -0.689. The molecule has 0 aliphatic heterocycles. The van der Waals surface area contributed by atoms with E-state index in [1.54, 1.807) is 0 Å². The predicted octanol–water partition coefficient (Wildman–Crippen LogP) is 15.7. The number of hydrogen-bond acceptors (Lipinski definition) is 5. The monoisotopic (exact) mass is 886 g/mol. The number of ether oxygens (including phenoxy) is 1. The number of nitrogens with one attached hydrogen (secondary N) is 1. The molecule has 6 heteroatoms. The lowest BCUT2D eigenvalue weighted by molar-refractivity contribution is -0.150. The summed E-state index contributed by atoms with van der Waals surface area (Å²) < 4.78 is 5.82. The highest BCUT2D eigenvalue weighted by molar-refractivity contribution is 5.77. The molecule has 0 aliphatic rings. The van der Waals surface area contributed by atoms with Crippen LogP contribution in [-0.2, 0) is 14.3 Å². The summed E-state index contributed by atoms with van der Waals surface area (Å²) in [6.45, 7) is 6.27. The number of rotatable bonds is 44. The van der Waals surface area contributed by atoms with E-state index in [4.69, 9.17) is 4.74 Å². The maximum Gasteiger partial charge on any atom is 0.306 e. The van der Waals surface area contributed by atoms with Crippen molar-refractivity contribution in [3.05, 3.63) is 122 Å². The van der Waals surface area contributed by atoms with E-state index in [2.05, 4.69) is 129 Å². The highest BCUT2D eigenvalue weighted by Crippen LogP contribution is 2.15. The fourth-order valence-corrected chi connectivity index (χ4v) is 6.90. The first-order chi connectivity index (χ1) is 31.5. The third-order valence-corrected chi connectivity index (χ3v) is 10.8. The van der Waals surface area contributed by atoms with Crippen molar-refractivity contribution < 1.29 is 24.5 Å². The smallest absolute Gasteiger partial charge is 0.306 e. The van der Waals surface area contributed by atoms with Crippen molar-refractivity contribution in [2.75, 3.05) is 6.61 Å². The number of hydrogen-bond donors (Lipinski definition) is 3. The van der Waals surface area contributed by atoms with Gasteiger partial charge in [-0.15, -0.1) is 0 Å². The van der Waals surface area contributed by atoms with Crippen LogP contribution in [0.2, 0.25) is 0 Å². The molecular formula is C58H95NO5. The lowest BCUT2D eigenvalue weighted by Gasteiger charge is -2.24. The first kappa shape index (κ1) is 60.3. The molecular weight excluding hydrogens is 791 g/mol. The summed E-state index contributed by atoms with van der Waals surface area (Å²) >= 11 is 0. The Morgan fingerprint density at radius 3 is 1.33 bits per heavy atom. The van der Waals surface area contributed by atoms with E-state index < -0.39 is 18.2 Å². The van der Waals surface area contributed by atoms with Gasteiger partial charge in [-0.3, -0.25) is 9.59 Å². The molecule has 0 heterocycles. The molecule has 0 saturated heterocycles. The number of amides is 1. The molecule has 64 heavy (non-hydrogen) atoms. The zero-order valence-corrected chi connectivity index (χ0v) is 41.1. The Kier molecular flexibility index (Phi) is 47.3. The van der Waals surface area contributed by atoms with E-state index >= 15 is 0 Å². The maximum atomic E-state index is 13.2. The lowest BCUT2D eigenvalue weighted by Crippen LogP contribution is -2.46. The molecule has 3 atom stereocenters. The van der Waals surface area contributed by atoms with Crippen LogP contribution in [0.25, 0.3) is 0 Å². The van der Waals surface area contributed by atoms with Crippen LogP contribution in [0.4, 0.5) is 0 Å². The van der Waals surface area contributed by atoms with Crippen LogP contribution in [-0.4, -0.2) is 46.9 Å². The fourth-order valence-electron chi connectivity index (χ4n) is 6.90. The van der Waals surface area contributed by atoms with Crippen molar-refractivity contribution in [1.82, 2.24) is 5.32 Å². The number of allylic oxidation sites excluding steroid dienone is 19. The van der Waals surface area contributed by atoms with Gasteiger partial charge in [0.15, 0.2) is 0 Å². The van der Waals surface area contributed by atoms with E-state index in [9.17, 15) is 19.8 Å². The van der Waals surface area contributed by atoms with E-state index in [-0.39, 0.29) is 31.3 Å². The predicted molar refractivity (Wildman–Crippen MR) is 277 cm³/mol. The molecule has 0 aromatic rings. The molecule has 0 spiro atoms. The highest BCUT2D eigenvalue weighted by atomic mass is 16.5. The van der Waals surface area contributed by atoms with Crippen molar-refractivity contribution in [1.29, 1.82) is 0 Å². The number of unbranched alkanes of at least 4 members (excludes halogenated alkanes) is 13. The van der Waals surface area contributed by atoms with Crippen molar-refractivity contribution >= 4 is 11.9 Å². The minimum atomic E-state index is -0.830. The quantitative estimate of drug-likeness (QED) is 0.0322. The normalized spacial score (nSPS) is 14.3. The Labute approximate surface area is 393 Å². The molecule has 0 aromatic carbocycles. The number of carbonyl (C=O) groups excluding carboxylic acids is 2. The number of aliphatic hydroxyl groups is 2. The molecule has 0 radical (unpaired) electrons. The molecule has 0 rings (SSSR count). The summed E-state index contributed by atoms with van der Waals surface area (Å²) in [6.07, 6.45) is 69.9. The molecule has 0 aromatic heterocycles. The first-order valence-electron chi connectivity index (χ1n) is 25.8. The fraction of sp³-hybridized carbons (Fsp3) is 0.621. The number of esters is 1. The van der Waals surface area contributed by atoms with E-state index in [1.165, 1.54) is 70.6 Å². The molecule has 0 aliphatic carbocycles. The minimum Gasteiger partial charge on any atom is -0.461 e. The Morgan fingerprint density at radius 1 is 0.484 bits per heavy atom. The number of carbonyl (C=O) groups is 2. The van der Waals surface area contributed by atoms with Gasteiger partial charge in [0.25, 0.3) is 0 Å². The third-order valence-electron chi connectivity index (χ3n) is 10.8. The summed E-state index contributed by atoms with van der Waals surface area (Å²) in [5.41, 5.74) is 0.